The average Bonchev–Trinajstić information content (AvgIpc) is 3.05. The van der Waals surface area contributed by atoms with Crippen LogP contribution in [-0.2, 0) is 11.3 Å². The van der Waals surface area contributed by atoms with Gasteiger partial charge in [0.1, 0.15) is 11.8 Å². The molecule has 1 aliphatic heterocycles. The van der Waals surface area contributed by atoms with Gasteiger partial charge in [0.15, 0.2) is 5.76 Å². The third kappa shape index (κ3) is 2.63. The largest absolute Gasteiger partial charge is 0.455 e. The minimum atomic E-state index is -0.381. The van der Waals surface area contributed by atoms with Crippen molar-refractivity contribution in [2.24, 2.45) is 5.73 Å². The molecule has 1 unspecified atom stereocenters. The Bertz CT molecular complexity index is 481. The summed E-state index contributed by atoms with van der Waals surface area (Å²) >= 11 is 0. The van der Waals surface area contributed by atoms with Crippen molar-refractivity contribution in [1.82, 2.24) is 9.80 Å². The summed E-state index contributed by atoms with van der Waals surface area (Å²) in [5, 5.41) is 0. The molecule has 1 aromatic rings. The van der Waals surface area contributed by atoms with E-state index in [2.05, 4.69) is 0 Å². The molecule has 6 nitrogen and oxygen atoms in total. The van der Waals surface area contributed by atoms with Crippen LogP contribution in [0.5, 0.6) is 0 Å². The van der Waals surface area contributed by atoms with Crippen molar-refractivity contribution in [2.45, 2.75) is 25.4 Å². The second-order valence-electron chi connectivity index (χ2n) is 4.86. The fourth-order valence-electron chi connectivity index (χ4n) is 2.31. The number of hydrogen-bond donors (Lipinski definition) is 1. The average molecular weight is 265 g/mol. The van der Waals surface area contributed by atoms with Crippen LogP contribution < -0.4 is 5.73 Å². The highest BCUT2D eigenvalue weighted by molar-refractivity contribution is 5.95. The molecule has 2 N–H and O–H groups in total. The summed E-state index contributed by atoms with van der Waals surface area (Å²) in [4.78, 5) is 27.5. The van der Waals surface area contributed by atoms with Crippen LogP contribution in [0.2, 0.25) is 0 Å². The van der Waals surface area contributed by atoms with Gasteiger partial charge < -0.3 is 20.0 Å². The molecule has 0 spiro atoms. The highest BCUT2D eigenvalue weighted by Gasteiger charge is 2.36. The number of carbonyl (C=O) groups is 2. The van der Waals surface area contributed by atoms with Crippen molar-refractivity contribution in [3.05, 3.63) is 23.7 Å². The molecule has 1 atom stereocenters. The zero-order valence-corrected chi connectivity index (χ0v) is 11.3. The van der Waals surface area contributed by atoms with Crippen LogP contribution in [0.4, 0.5) is 0 Å². The van der Waals surface area contributed by atoms with E-state index in [1.165, 1.54) is 4.90 Å². The normalized spacial score (nSPS) is 18.7. The van der Waals surface area contributed by atoms with Gasteiger partial charge in [0.25, 0.3) is 5.91 Å². The molecule has 1 aliphatic rings. The highest BCUT2D eigenvalue weighted by Crippen LogP contribution is 2.22. The fourth-order valence-corrected chi connectivity index (χ4v) is 2.31. The lowest BCUT2D eigenvalue weighted by Crippen LogP contribution is -2.45. The Kier molecular flexibility index (Phi) is 3.90. The molecule has 1 saturated heterocycles. The number of likely N-dealkylation sites (N-methyl/N-ethyl adjacent to an activating group) is 1. The van der Waals surface area contributed by atoms with Gasteiger partial charge in [0.2, 0.25) is 5.91 Å². The SMILES string of the molecule is CN(C)C(=O)C1CCCN1C(=O)c1ccc(CN)o1. The molecule has 2 heterocycles. The predicted octanol–water partition coefficient (Wildman–Crippen LogP) is 0.431. The third-order valence-corrected chi connectivity index (χ3v) is 3.31. The van der Waals surface area contributed by atoms with Crippen LogP contribution in [0, 0.1) is 0 Å². The van der Waals surface area contributed by atoms with Gasteiger partial charge in [-0.15, -0.1) is 0 Å². The maximum Gasteiger partial charge on any atom is 0.290 e. The fraction of sp³-hybridized carbons (Fsp3) is 0.538. The highest BCUT2D eigenvalue weighted by atomic mass is 16.4. The van der Waals surface area contributed by atoms with Crippen LogP contribution in [0.3, 0.4) is 0 Å². The Morgan fingerprint density at radius 3 is 2.79 bits per heavy atom. The number of amides is 2. The smallest absolute Gasteiger partial charge is 0.290 e. The van der Waals surface area contributed by atoms with Crippen LogP contribution in [0.25, 0.3) is 0 Å². The topological polar surface area (TPSA) is 79.8 Å². The second kappa shape index (κ2) is 5.44. The molecular weight excluding hydrogens is 246 g/mol. The lowest BCUT2D eigenvalue weighted by atomic mass is 10.2. The molecule has 2 rings (SSSR count). The summed E-state index contributed by atoms with van der Waals surface area (Å²) in [6.07, 6.45) is 1.54. The maximum atomic E-state index is 12.3. The predicted molar refractivity (Wildman–Crippen MR) is 69.4 cm³/mol. The first-order valence-corrected chi connectivity index (χ1v) is 6.35. The van der Waals surface area contributed by atoms with Crippen molar-refractivity contribution in [3.8, 4) is 0 Å². The summed E-state index contributed by atoms with van der Waals surface area (Å²) in [6.45, 7) is 0.842. The van der Waals surface area contributed by atoms with E-state index in [1.54, 1.807) is 31.1 Å². The first-order chi connectivity index (χ1) is 9.04. The summed E-state index contributed by atoms with van der Waals surface area (Å²) in [5.41, 5.74) is 5.45. The molecule has 104 valence electrons. The van der Waals surface area contributed by atoms with Gasteiger partial charge in [-0.1, -0.05) is 0 Å². The number of nitrogens with zero attached hydrogens (tertiary/aromatic N) is 2. The molecule has 0 bridgehead atoms. The van der Waals surface area contributed by atoms with Crippen LogP contribution >= 0.6 is 0 Å². The molecule has 1 fully saturated rings. The Morgan fingerprint density at radius 2 is 2.21 bits per heavy atom. The second-order valence-corrected chi connectivity index (χ2v) is 4.86. The Morgan fingerprint density at radius 1 is 1.47 bits per heavy atom. The summed E-state index contributed by atoms with van der Waals surface area (Å²) in [6, 6.07) is 2.92. The molecule has 1 aromatic heterocycles. The summed E-state index contributed by atoms with van der Waals surface area (Å²) in [5.74, 6) is 0.533. The van der Waals surface area contributed by atoms with Crippen LogP contribution in [0.1, 0.15) is 29.2 Å². The zero-order chi connectivity index (χ0) is 14.0. The number of rotatable bonds is 3. The van der Waals surface area contributed by atoms with Gasteiger partial charge >= 0.3 is 0 Å². The van der Waals surface area contributed by atoms with Crippen molar-refractivity contribution in [1.29, 1.82) is 0 Å². The van der Waals surface area contributed by atoms with Crippen LogP contribution in [0.15, 0.2) is 16.5 Å². The van der Waals surface area contributed by atoms with Gasteiger partial charge in [0, 0.05) is 20.6 Å². The molecular formula is C13H19N3O3. The minimum absolute atomic E-state index is 0.0449. The number of furan rings is 1. The molecule has 0 aromatic carbocycles. The monoisotopic (exact) mass is 265 g/mol. The third-order valence-electron chi connectivity index (χ3n) is 3.31. The van der Waals surface area contributed by atoms with Gasteiger partial charge in [0.05, 0.1) is 6.54 Å². The Balaban J connectivity index is 2.15. The van der Waals surface area contributed by atoms with Gasteiger partial charge in [-0.25, -0.2) is 0 Å². The molecule has 0 aliphatic carbocycles. The van der Waals surface area contributed by atoms with Gasteiger partial charge in [-0.2, -0.15) is 0 Å². The van der Waals surface area contributed by atoms with Gasteiger partial charge in [-0.3, -0.25) is 9.59 Å². The lowest BCUT2D eigenvalue weighted by molar-refractivity contribution is -0.132. The first kappa shape index (κ1) is 13.6. The maximum absolute atomic E-state index is 12.3. The molecule has 19 heavy (non-hydrogen) atoms. The van der Waals surface area contributed by atoms with Crippen molar-refractivity contribution >= 4 is 11.8 Å². The lowest BCUT2D eigenvalue weighted by Gasteiger charge is -2.25. The van der Waals surface area contributed by atoms with E-state index >= 15 is 0 Å². The van der Waals surface area contributed by atoms with E-state index in [0.29, 0.717) is 18.7 Å². The zero-order valence-electron chi connectivity index (χ0n) is 11.3. The summed E-state index contributed by atoms with van der Waals surface area (Å²) in [7, 11) is 3.39. The van der Waals surface area contributed by atoms with Crippen molar-refractivity contribution in [3.63, 3.8) is 0 Å². The number of nitrogens with two attached hydrogens (primary N) is 1. The number of carbonyl (C=O) groups excluding carboxylic acids is 2. The van der Waals surface area contributed by atoms with E-state index in [4.69, 9.17) is 10.2 Å². The van der Waals surface area contributed by atoms with E-state index in [9.17, 15) is 9.59 Å². The van der Waals surface area contributed by atoms with E-state index in [0.717, 1.165) is 6.42 Å². The molecule has 0 radical (unpaired) electrons. The first-order valence-electron chi connectivity index (χ1n) is 6.35. The van der Waals surface area contributed by atoms with Crippen molar-refractivity contribution < 1.29 is 14.0 Å². The quantitative estimate of drug-likeness (QED) is 0.859. The van der Waals surface area contributed by atoms with Gasteiger partial charge in [-0.05, 0) is 25.0 Å². The van der Waals surface area contributed by atoms with E-state index in [-0.39, 0.29) is 30.2 Å². The number of hydrogen-bond acceptors (Lipinski definition) is 4. The molecule has 0 saturated carbocycles. The summed E-state index contributed by atoms with van der Waals surface area (Å²) < 4.78 is 5.35. The molecule has 2 amide bonds. The Labute approximate surface area is 112 Å². The number of likely N-dealkylation sites (tertiary alicyclic amines) is 1. The van der Waals surface area contributed by atoms with Crippen molar-refractivity contribution in [2.75, 3.05) is 20.6 Å². The van der Waals surface area contributed by atoms with E-state index in [1.807, 2.05) is 0 Å². The Hall–Kier alpha value is -1.82. The van der Waals surface area contributed by atoms with Crippen LogP contribution in [-0.4, -0.2) is 48.3 Å². The standard InChI is InChI=1S/C13H19N3O3/c1-15(2)12(17)10-4-3-7-16(10)13(18)11-6-5-9(8-14)19-11/h5-6,10H,3-4,7-8,14H2,1-2H3. The minimum Gasteiger partial charge on any atom is -0.455 e. The van der Waals surface area contributed by atoms with E-state index < -0.39 is 0 Å². The molecule has 6 heteroatoms.